The predicted molar refractivity (Wildman–Crippen MR) is 237 cm³/mol. The maximum atomic E-state index is 2.46. The van der Waals surface area contributed by atoms with Crippen LogP contribution >= 0.6 is 0 Å². The zero-order valence-electron chi connectivity index (χ0n) is 30.0. The molecular weight excluding hydrogens is 663 g/mol. The van der Waals surface area contributed by atoms with Crippen LogP contribution in [-0.2, 0) is 0 Å². The molecule has 1 nitrogen and oxygen atoms in total. The largest absolute Gasteiger partial charge is 0.309 e. The highest BCUT2D eigenvalue weighted by Gasteiger charge is 2.19. The van der Waals surface area contributed by atoms with Crippen molar-refractivity contribution >= 4 is 86.4 Å². The number of fused-ring (bicyclic) bond motifs is 15. The average molecular weight is 696 g/mol. The molecule has 0 unspecified atom stereocenters. The molecule has 0 aliphatic rings. The Bertz CT molecular complexity index is 3530. The van der Waals surface area contributed by atoms with Crippen molar-refractivity contribution in [1.29, 1.82) is 0 Å². The Labute approximate surface area is 317 Å². The summed E-state index contributed by atoms with van der Waals surface area (Å²) in [5, 5.41) is 18.0. The van der Waals surface area contributed by atoms with Crippen molar-refractivity contribution in [2.24, 2.45) is 0 Å². The highest BCUT2D eigenvalue weighted by molar-refractivity contribution is 6.39. The van der Waals surface area contributed by atoms with Gasteiger partial charge in [0.15, 0.2) is 0 Å². The number of rotatable bonds is 3. The molecule has 12 rings (SSSR count). The van der Waals surface area contributed by atoms with E-state index < -0.39 is 0 Å². The van der Waals surface area contributed by atoms with E-state index in [1.54, 1.807) is 0 Å². The number of aromatic nitrogens is 1. The fourth-order valence-corrected chi connectivity index (χ4v) is 9.56. The summed E-state index contributed by atoms with van der Waals surface area (Å²) in [6, 6.07) is 74.0. The van der Waals surface area contributed by atoms with Gasteiger partial charge in [-0.05, 0) is 112 Å². The summed E-state index contributed by atoms with van der Waals surface area (Å²) < 4.78 is 2.46. The van der Waals surface area contributed by atoms with Crippen LogP contribution in [0.1, 0.15) is 0 Å². The van der Waals surface area contributed by atoms with Gasteiger partial charge in [-0.2, -0.15) is 0 Å². The summed E-state index contributed by atoms with van der Waals surface area (Å²) in [6.45, 7) is 0. The van der Waals surface area contributed by atoms with E-state index in [4.69, 9.17) is 0 Å². The summed E-state index contributed by atoms with van der Waals surface area (Å²) in [4.78, 5) is 0. The van der Waals surface area contributed by atoms with Crippen molar-refractivity contribution in [3.63, 3.8) is 0 Å². The molecule has 55 heavy (non-hydrogen) atoms. The lowest BCUT2D eigenvalue weighted by Gasteiger charge is -2.18. The quantitative estimate of drug-likeness (QED) is 0.162. The maximum Gasteiger partial charge on any atom is 0.0541 e. The standard InChI is InChI=1S/C54H33N/c1-2-14-34(15-3-1)35-27-30-52-49(32-35)43-21-12-13-25-50(43)55(52)51-31-29-37(38-16-4-8-20-42(38)51)36-26-28-47-48(33-36)41-19-7-11-24-46(41)53-44-22-9-5-17-39(44)40-18-6-10-23-45(40)54(47)53/h1-33H. The van der Waals surface area contributed by atoms with Gasteiger partial charge in [0.25, 0.3) is 0 Å². The lowest BCUT2D eigenvalue weighted by molar-refractivity contribution is 1.20. The van der Waals surface area contributed by atoms with Crippen LogP contribution in [0.15, 0.2) is 200 Å². The molecule has 1 aromatic heterocycles. The van der Waals surface area contributed by atoms with Crippen LogP contribution in [0.5, 0.6) is 0 Å². The zero-order valence-corrected chi connectivity index (χ0v) is 30.0. The molecule has 11 aromatic carbocycles. The van der Waals surface area contributed by atoms with Gasteiger partial charge in [-0.15, -0.1) is 0 Å². The van der Waals surface area contributed by atoms with E-state index in [0.717, 1.165) is 0 Å². The van der Waals surface area contributed by atoms with Crippen molar-refractivity contribution in [3.05, 3.63) is 200 Å². The number of para-hydroxylation sites is 1. The SMILES string of the molecule is c1ccc(-c2ccc3c(c2)c2ccccc2n3-c2ccc(-c3ccc4c(c3)c3ccccc3c3c5ccccc5c5ccccc5c43)c3ccccc23)cc1. The lowest BCUT2D eigenvalue weighted by Crippen LogP contribution is -1.96. The predicted octanol–water partition coefficient (Wildman–Crippen LogP) is 15.0. The lowest BCUT2D eigenvalue weighted by atomic mass is 9.86. The second-order valence-corrected chi connectivity index (χ2v) is 14.8. The molecule has 0 aliphatic carbocycles. The van der Waals surface area contributed by atoms with Crippen molar-refractivity contribution in [3.8, 4) is 27.9 Å². The van der Waals surface area contributed by atoms with Crippen LogP contribution in [0.2, 0.25) is 0 Å². The third-order valence-electron chi connectivity index (χ3n) is 11.9. The fourth-order valence-electron chi connectivity index (χ4n) is 9.56. The molecular formula is C54H33N. The molecule has 0 spiro atoms. The van der Waals surface area contributed by atoms with E-state index in [9.17, 15) is 0 Å². The summed E-state index contributed by atoms with van der Waals surface area (Å²) in [5.41, 5.74) is 8.53. The van der Waals surface area contributed by atoms with Crippen LogP contribution < -0.4 is 0 Å². The molecule has 254 valence electrons. The molecule has 12 aromatic rings. The molecule has 0 saturated heterocycles. The Hall–Kier alpha value is -7.22. The van der Waals surface area contributed by atoms with Gasteiger partial charge < -0.3 is 4.57 Å². The first kappa shape index (κ1) is 30.3. The molecule has 0 N–H and O–H groups in total. The molecule has 0 amide bonds. The molecule has 0 atom stereocenters. The summed E-state index contributed by atoms with van der Waals surface area (Å²) in [6.07, 6.45) is 0. The Morgan fingerprint density at radius 1 is 0.236 bits per heavy atom. The summed E-state index contributed by atoms with van der Waals surface area (Å²) >= 11 is 0. The Morgan fingerprint density at radius 3 is 1.38 bits per heavy atom. The molecule has 1 heterocycles. The first-order chi connectivity index (χ1) is 27.3. The van der Waals surface area contributed by atoms with Crippen molar-refractivity contribution in [2.45, 2.75) is 0 Å². The third-order valence-corrected chi connectivity index (χ3v) is 11.9. The van der Waals surface area contributed by atoms with Crippen LogP contribution in [-0.4, -0.2) is 4.57 Å². The van der Waals surface area contributed by atoms with E-state index in [2.05, 4.69) is 205 Å². The number of nitrogens with zero attached hydrogens (tertiary/aromatic N) is 1. The monoisotopic (exact) mass is 695 g/mol. The van der Waals surface area contributed by atoms with Crippen molar-refractivity contribution in [2.75, 3.05) is 0 Å². The van der Waals surface area contributed by atoms with Gasteiger partial charge in [-0.25, -0.2) is 0 Å². The number of hydrogen-bond donors (Lipinski definition) is 0. The molecule has 0 aliphatic heterocycles. The first-order valence-electron chi connectivity index (χ1n) is 19.1. The molecule has 0 bridgehead atoms. The minimum Gasteiger partial charge on any atom is -0.309 e. The Balaban J connectivity index is 1.11. The van der Waals surface area contributed by atoms with Crippen LogP contribution in [0.4, 0.5) is 0 Å². The summed E-state index contributed by atoms with van der Waals surface area (Å²) in [7, 11) is 0. The van der Waals surface area contributed by atoms with Gasteiger partial charge in [-0.1, -0.05) is 170 Å². The zero-order chi connectivity index (χ0) is 36.0. The van der Waals surface area contributed by atoms with Gasteiger partial charge >= 0.3 is 0 Å². The Kier molecular flexibility index (Phi) is 6.40. The summed E-state index contributed by atoms with van der Waals surface area (Å²) in [5.74, 6) is 0. The first-order valence-corrected chi connectivity index (χ1v) is 19.1. The van der Waals surface area contributed by atoms with Crippen molar-refractivity contribution in [1.82, 2.24) is 4.57 Å². The van der Waals surface area contributed by atoms with E-state index in [-0.39, 0.29) is 0 Å². The van der Waals surface area contributed by atoms with Crippen LogP contribution in [0.25, 0.3) is 114 Å². The highest BCUT2D eigenvalue weighted by Crippen LogP contribution is 2.46. The van der Waals surface area contributed by atoms with E-state index >= 15 is 0 Å². The number of hydrogen-bond acceptors (Lipinski definition) is 0. The van der Waals surface area contributed by atoms with Gasteiger partial charge in [0.1, 0.15) is 0 Å². The Morgan fingerprint density at radius 2 is 0.709 bits per heavy atom. The maximum absolute atomic E-state index is 2.46. The molecule has 0 saturated carbocycles. The van der Waals surface area contributed by atoms with Gasteiger partial charge in [0, 0.05) is 16.2 Å². The molecule has 0 radical (unpaired) electrons. The minimum atomic E-state index is 1.19. The average Bonchev–Trinajstić information content (AvgIpc) is 3.59. The van der Waals surface area contributed by atoms with Crippen molar-refractivity contribution < 1.29 is 0 Å². The molecule has 1 heteroatoms. The van der Waals surface area contributed by atoms with Crippen LogP contribution in [0, 0.1) is 0 Å². The van der Waals surface area contributed by atoms with Gasteiger partial charge in [-0.3, -0.25) is 0 Å². The third kappa shape index (κ3) is 4.35. The van der Waals surface area contributed by atoms with Crippen LogP contribution in [0.3, 0.4) is 0 Å². The smallest absolute Gasteiger partial charge is 0.0541 e. The molecule has 0 fully saturated rings. The van der Waals surface area contributed by atoms with Gasteiger partial charge in [0.05, 0.1) is 16.7 Å². The minimum absolute atomic E-state index is 1.19. The second kappa shape index (κ2) is 11.6. The highest BCUT2D eigenvalue weighted by atomic mass is 15.0. The normalized spacial score (nSPS) is 12.0. The van der Waals surface area contributed by atoms with E-state index in [0.29, 0.717) is 0 Å². The fraction of sp³-hybridized carbons (Fsp3) is 0. The van der Waals surface area contributed by atoms with E-state index in [1.807, 2.05) is 0 Å². The van der Waals surface area contributed by atoms with Gasteiger partial charge in [0.2, 0.25) is 0 Å². The van der Waals surface area contributed by atoms with E-state index in [1.165, 1.54) is 114 Å². The topological polar surface area (TPSA) is 4.93 Å². The second-order valence-electron chi connectivity index (χ2n) is 14.8. The number of benzene rings is 11.